The van der Waals surface area contributed by atoms with Gasteiger partial charge in [0.2, 0.25) is 0 Å². The van der Waals surface area contributed by atoms with Crippen molar-refractivity contribution in [2.24, 2.45) is 5.92 Å². The lowest BCUT2D eigenvalue weighted by Gasteiger charge is -2.32. The first-order valence-electron chi connectivity index (χ1n) is 9.43. The highest BCUT2D eigenvalue weighted by Gasteiger charge is 2.26. The van der Waals surface area contributed by atoms with Crippen molar-refractivity contribution in [1.29, 1.82) is 0 Å². The maximum absolute atomic E-state index is 12.8. The molecular weight excluding hydrogens is 310 g/mol. The largest absolute Gasteiger partial charge is 0.337 e. The van der Waals surface area contributed by atoms with E-state index < -0.39 is 0 Å². The van der Waals surface area contributed by atoms with Gasteiger partial charge in [0.05, 0.1) is 0 Å². The number of amides is 1. The van der Waals surface area contributed by atoms with Gasteiger partial charge in [-0.2, -0.15) is 5.10 Å². The Morgan fingerprint density at radius 3 is 2.88 bits per heavy atom. The van der Waals surface area contributed by atoms with Gasteiger partial charge in [-0.1, -0.05) is 38.1 Å². The quantitative estimate of drug-likeness (QED) is 0.881. The van der Waals surface area contributed by atoms with Crippen molar-refractivity contribution in [3.05, 3.63) is 52.8 Å². The van der Waals surface area contributed by atoms with Gasteiger partial charge in [-0.3, -0.25) is 9.89 Å². The van der Waals surface area contributed by atoms with E-state index in [1.165, 1.54) is 17.5 Å². The molecule has 1 N–H and O–H groups in total. The van der Waals surface area contributed by atoms with Crippen molar-refractivity contribution in [2.45, 2.75) is 52.4 Å². The number of aromatic nitrogens is 2. The molecule has 1 amide bonds. The third kappa shape index (κ3) is 4.30. The van der Waals surface area contributed by atoms with Crippen LogP contribution in [-0.2, 0) is 6.42 Å². The van der Waals surface area contributed by atoms with Gasteiger partial charge in [0.15, 0.2) is 0 Å². The summed E-state index contributed by atoms with van der Waals surface area (Å²) in [6.45, 7) is 8.09. The Labute approximate surface area is 150 Å². The molecule has 1 fully saturated rings. The van der Waals surface area contributed by atoms with Gasteiger partial charge >= 0.3 is 0 Å². The number of hydrogen-bond donors (Lipinski definition) is 1. The molecule has 0 aliphatic carbocycles. The number of benzene rings is 1. The molecule has 1 aliphatic rings. The molecule has 1 atom stereocenters. The Balaban J connectivity index is 1.58. The lowest BCUT2D eigenvalue weighted by Crippen LogP contribution is -2.40. The molecule has 134 valence electrons. The summed E-state index contributed by atoms with van der Waals surface area (Å²) in [5.74, 6) is 1.02. The molecule has 1 aliphatic heterocycles. The molecule has 4 heteroatoms. The number of carbonyl (C=O) groups excluding carboxylic acids is 1. The molecule has 1 saturated heterocycles. The fourth-order valence-corrected chi connectivity index (χ4v) is 3.64. The van der Waals surface area contributed by atoms with Crippen LogP contribution in [0.3, 0.4) is 0 Å². The summed E-state index contributed by atoms with van der Waals surface area (Å²) in [4.78, 5) is 14.7. The minimum Gasteiger partial charge on any atom is -0.337 e. The molecule has 1 aromatic heterocycles. The summed E-state index contributed by atoms with van der Waals surface area (Å²) in [5.41, 5.74) is 4.38. The predicted octanol–water partition coefficient (Wildman–Crippen LogP) is 4.33. The zero-order valence-electron chi connectivity index (χ0n) is 15.6. The van der Waals surface area contributed by atoms with E-state index in [2.05, 4.69) is 55.2 Å². The Kier molecular flexibility index (Phi) is 5.57. The Hall–Kier alpha value is -2.10. The summed E-state index contributed by atoms with van der Waals surface area (Å²) in [5, 5.41) is 7.22. The first kappa shape index (κ1) is 17.7. The maximum Gasteiger partial charge on any atom is 0.274 e. The topological polar surface area (TPSA) is 49.0 Å². The van der Waals surface area contributed by atoms with Gasteiger partial charge in [-0.25, -0.2) is 0 Å². The van der Waals surface area contributed by atoms with E-state index in [9.17, 15) is 4.79 Å². The minimum absolute atomic E-state index is 0.0729. The number of likely N-dealkylation sites (tertiary alicyclic amines) is 1. The standard InChI is InChI=1S/C21H29N3O/c1-15(2)19-13-20(23-22-19)21(25)24-12-6-8-17(14-24)10-11-18-9-5-4-7-16(18)3/h4-5,7,9,13,15,17H,6,8,10-12,14H2,1-3H3,(H,22,23)/t17-/m1/s1. The van der Waals surface area contributed by atoms with E-state index in [0.717, 1.165) is 38.0 Å². The van der Waals surface area contributed by atoms with Crippen molar-refractivity contribution >= 4 is 5.91 Å². The molecular formula is C21H29N3O. The SMILES string of the molecule is Cc1ccccc1CC[C@H]1CCCN(C(=O)c2cc(C(C)C)[nH]n2)C1. The number of nitrogens with zero attached hydrogens (tertiary/aromatic N) is 2. The molecule has 4 nitrogen and oxygen atoms in total. The van der Waals surface area contributed by atoms with E-state index in [1.807, 2.05) is 11.0 Å². The smallest absolute Gasteiger partial charge is 0.274 e. The number of H-pyrrole nitrogens is 1. The Morgan fingerprint density at radius 1 is 1.36 bits per heavy atom. The monoisotopic (exact) mass is 339 g/mol. The van der Waals surface area contributed by atoms with Gasteiger partial charge < -0.3 is 4.90 Å². The summed E-state index contributed by atoms with van der Waals surface area (Å²) in [6.07, 6.45) is 4.55. The molecule has 1 aromatic carbocycles. The summed E-state index contributed by atoms with van der Waals surface area (Å²) < 4.78 is 0. The van der Waals surface area contributed by atoms with Crippen LogP contribution in [0.25, 0.3) is 0 Å². The fraction of sp³-hybridized carbons (Fsp3) is 0.524. The number of rotatable bonds is 5. The van der Waals surface area contributed by atoms with Crippen LogP contribution in [0.15, 0.2) is 30.3 Å². The number of carbonyl (C=O) groups is 1. The highest BCUT2D eigenvalue weighted by atomic mass is 16.2. The van der Waals surface area contributed by atoms with Crippen LogP contribution in [0, 0.1) is 12.8 Å². The van der Waals surface area contributed by atoms with E-state index in [0.29, 0.717) is 17.5 Å². The van der Waals surface area contributed by atoms with Crippen LogP contribution in [0.1, 0.15) is 66.3 Å². The Bertz CT molecular complexity index is 719. The molecule has 2 heterocycles. The lowest BCUT2D eigenvalue weighted by molar-refractivity contribution is 0.0662. The average molecular weight is 339 g/mol. The number of hydrogen-bond acceptors (Lipinski definition) is 2. The summed E-state index contributed by atoms with van der Waals surface area (Å²) in [7, 11) is 0. The van der Waals surface area contributed by atoms with Crippen LogP contribution < -0.4 is 0 Å². The summed E-state index contributed by atoms with van der Waals surface area (Å²) >= 11 is 0. The number of aryl methyl sites for hydroxylation is 2. The van der Waals surface area contributed by atoms with Crippen molar-refractivity contribution in [2.75, 3.05) is 13.1 Å². The van der Waals surface area contributed by atoms with Crippen LogP contribution in [-0.4, -0.2) is 34.1 Å². The Morgan fingerprint density at radius 2 is 2.16 bits per heavy atom. The zero-order chi connectivity index (χ0) is 17.8. The van der Waals surface area contributed by atoms with Gasteiger partial charge in [0, 0.05) is 18.8 Å². The van der Waals surface area contributed by atoms with Gasteiger partial charge in [-0.15, -0.1) is 0 Å². The van der Waals surface area contributed by atoms with Gasteiger partial charge in [0.1, 0.15) is 5.69 Å². The average Bonchev–Trinajstić information content (AvgIpc) is 3.11. The van der Waals surface area contributed by atoms with E-state index >= 15 is 0 Å². The zero-order valence-corrected chi connectivity index (χ0v) is 15.6. The molecule has 2 aromatic rings. The van der Waals surface area contributed by atoms with Crippen LogP contribution in [0.5, 0.6) is 0 Å². The van der Waals surface area contributed by atoms with Crippen LogP contribution in [0.2, 0.25) is 0 Å². The number of nitrogens with one attached hydrogen (secondary N) is 1. The van der Waals surface area contributed by atoms with Crippen molar-refractivity contribution in [3.8, 4) is 0 Å². The van der Waals surface area contributed by atoms with Gasteiger partial charge in [0.25, 0.3) is 5.91 Å². The summed E-state index contributed by atoms with van der Waals surface area (Å²) in [6, 6.07) is 10.5. The highest BCUT2D eigenvalue weighted by Crippen LogP contribution is 2.24. The predicted molar refractivity (Wildman–Crippen MR) is 101 cm³/mol. The fourth-order valence-electron chi connectivity index (χ4n) is 3.64. The normalized spacial score (nSPS) is 17.9. The first-order valence-corrected chi connectivity index (χ1v) is 9.43. The highest BCUT2D eigenvalue weighted by molar-refractivity contribution is 5.92. The third-order valence-corrected chi connectivity index (χ3v) is 5.33. The molecule has 0 radical (unpaired) electrons. The maximum atomic E-state index is 12.8. The molecule has 3 rings (SSSR count). The first-order chi connectivity index (χ1) is 12.0. The van der Waals surface area contributed by atoms with E-state index in [-0.39, 0.29) is 5.91 Å². The molecule has 0 saturated carbocycles. The van der Waals surface area contributed by atoms with E-state index in [4.69, 9.17) is 0 Å². The van der Waals surface area contributed by atoms with Crippen molar-refractivity contribution in [3.63, 3.8) is 0 Å². The molecule has 0 spiro atoms. The third-order valence-electron chi connectivity index (χ3n) is 5.33. The second-order valence-corrected chi connectivity index (χ2v) is 7.59. The van der Waals surface area contributed by atoms with Crippen LogP contribution in [0.4, 0.5) is 0 Å². The van der Waals surface area contributed by atoms with Gasteiger partial charge in [-0.05, 0) is 61.6 Å². The molecule has 0 unspecified atom stereocenters. The van der Waals surface area contributed by atoms with Crippen LogP contribution >= 0.6 is 0 Å². The van der Waals surface area contributed by atoms with E-state index in [1.54, 1.807) is 0 Å². The second kappa shape index (κ2) is 7.85. The second-order valence-electron chi connectivity index (χ2n) is 7.59. The molecule has 0 bridgehead atoms. The lowest BCUT2D eigenvalue weighted by atomic mass is 9.90. The number of aromatic amines is 1. The molecule has 25 heavy (non-hydrogen) atoms. The van der Waals surface area contributed by atoms with Crippen molar-refractivity contribution < 1.29 is 4.79 Å². The minimum atomic E-state index is 0.0729. The number of piperidine rings is 1. The van der Waals surface area contributed by atoms with Crippen molar-refractivity contribution in [1.82, 2.24) is 15.1 Å².